The zero-order valence-corrected chi connectivity index (χ0v) is 11.7. The average molecular weight is 262 g/mol. The molecular weight excluding hydrogens is 232 g/mol. The summed E-state index contributed by atoms with van der Waals surface area (Å²) in [5.41, 5.74) is 0. The first-order valence-electron chi connectivity index (χ1n) is 7.07. The van der Waals surface area contributed by atoms with E-state index in [1.807, 2.05) is 0 Å². The van der Waals surface area contributed by atoms with Crippen LogP contribution in [0.1, 0.15) is 71.1 Å². The van der Waals surface area contributed by atoms with E-state index in [1.165, 1.54) is 44.9 Å². The van der Waals surface area contributed by atoms with Crippen LogP contribution in [0, 0.1) is 0 Å². The van der Waals surface area contributed by atoms with Gasteiger partial charge in [0.1, 0.15) is 6.61 Å². The number of carbonyl (C=O) groups excluding carboxylic acids is 1. The van der Waals surface area contributed by atoms with Gasteiger partial charge in [-0.25, -0.2) is 0 Å². The van der Waals surface area contributed by atoms with Crippen molar-refractivity contribution in [1.82, 2.24) is 0 Å². The number of esters is 1. The van der Waals surface area contributed by atoms with Gasteiger partial charge < -0.3 is 15.3 Å². The molecule has 0 aromatic heterocycles. The molecule has 0 aliphatic carbocycles. The minimum atomic E-state index is -0.179. The van der Waals surface area contributed by atoms with E-state index < -0.39 is 0 Å². The summed E-state index contributed by atoms with van der Waals surface area (Å²) in [4.78, 5) is 11.1. The summed E-state index contributed by atoms with van der Waals surface area (Å²) < 4.78 is 4.77. The van der Waals surface area contributed by atoms with Gasteiger partial charge in [0.2, 0.25) is 0 Å². The standard InChI is InChI=1S/C14H28O3.H2O/c1-2-3-4-5-6-7-8-9-10-11-14(16)17-13-12-15;/h15H,2-13H2,1H3;1H2. The number of aliphatic hydroxyl groups excluding tert-OH is 1. The molecule has 0 aliphatic heterocycles. The van der Waals surface area contributed by atoms with Crippen LogP contribution in [0.3, 0.4) is 0 Å². The van der Waals surface area contributed by atoms with E-state index in [4.69, 9.17) is 9.84 Å². The number of aliphatic hydroxyl groups is 1. The molecule has 0 aromatic carbocycles. The molecule has 0 bridgehead atoms. The van der Waals surface area contributed by atoms with Gasteiger partial charge in [0.15, 0.2) is 0 Å². The van der Waals surface area contributed by atoms with E-state index in [2.05, 4.69) is 6.92 Å². The molecular formula is C14H30O4. The van der Waals surface area contributed by atoms with Gasteiger partial charge in [-0.05, 0) is 6.42 Å². The molecule has 0 amide bonds. The van der Waals surface area contributed by atoms with Crippen LogP contribution in [0.5, 0.6) is 0 Å². The summed E-state index contributed by atoms with van der Waals surface area (Å²) in [5.74, 6) is -0.179. The second-order valence-electron chi connectivity index (χ2n) is 4.52. The number of rotatable bonds is 12. The maximum atomic E-state index is 11.1. The molecule has 0 heterocycles. The van der Waals surface area contributed by atoms with E-state index in [0.29, 0.717) is 6.42 Å². The Kier molecular flexibility index (Phi) is 18.0. The van der Waals surface area contributed by atoms with E-state index in [-0.39, 0.29) is 24.7 Å². The van der Waals surface area contributed by atoms with Gasteiger partial charge in [0.05, 0.1) is 6.61 Å². The predicted molar refractivity (Wildman–Crippen MR) is 73.5 cm³/mol. The average Bonchev–Trinajstić information content (AvgIpc) is 2.34. The first-order valence-corrected chi connectivity index (χ1v) is 7.07. The van der Waals surface area contributed by atoms with E-state index in [1.54, 1.807) is 0 Å². The van der Waals surface area contributed by atoms with Gasteiger partial charge in [0.25, 0.3) is 0 Å². The largest absolute Gasteiger partial charge is 0.463 e. The van der Waals surface area contributed by atoms with Crippen LogP contribution in [-0.4, -0.2) is 29.8 Å². The Balaban J connectivity index is 0. The fraction of sp³-hybridized carbons (Fsp3) is 0.929. The maximum absolute atomic E-state index is 11.1. The Hall–Kier alpha value is -0.610. The van der Waals surface area contributed by atoms with Gasteiger partial charge in [0, 0.05) is 6.42 Å². The molecule has 110 valence electrons. The minimum absolute atomic E-state index is 0. The number of unbranched alkanes of at least 4 members (excludes halogenated alkanes) is 8. The topological polar surface area (TPSA) is 78.0 Å². The fourth-order valence-corrected chi connectivity index (χ4v) is 1.81. The number of hydrogen-bond donors (Lipinski definition) is 1. The highest BCUT2D eigenvalue weighted by Gasteiger charge is 2.01. The van der Waals surface area contributed by atoms with Crippen molar-refractivity contribution in [1.29, 1.82) is 0 Å². The van der Waals surface area contributed by atoms with Gasteiger partial charge in [-0.3, -0.25) is 4.79 Å². The molecule has 4 heteroatoms. The molecule has 3 N–H and O–H groups in total. The van der Waals surface area contributed by atoms with Gasteiger partial charge >= 0.3 is 5.97 Å². The maximum Gasteiger partial charge on any atom is 0.305 e. The Labute approximate surface area is 111 Å². The third-order valence-corrected chi connectivity index (χ3v) is 2.84. The molecule has 0 aromatic rings. The lowest BCUT2D eigenvalue weighted by Gasteiger charge is -2.03. The molecule has 0 radical (unpaired) electrons. The zero-order valence-electron chi connectivity index (χ0n) is 11.7. The summed E-state index contributed by atoms with van der Waals surface area (Å²) in [5, 5.41) is 8.47. The first kappa shape index (κ1) is 19.7. The quantitative estimate of drug-likeness (QED) is 0.434. The molecule has 0 saturated carbocycles. The molecule has 18 heavy (non-hydrogen) atoms. The van der Waals surface area contributed by atoms with Crippen LogP contribution in [0.15, 0.2) is 0 Å². The third kappa shape index (κ3) is 15.4. The number of carbonyl (C=O) groups is 1. The van der Waals surface area contributed by atoms with Crippen molar-refractivity contribution < 1.29 is 20.1 Å². The van der Waals surface area contributed by atoms with E-state index in [9.17, 15) is 4.79 Å². The Morgan fingerprint density at radius 2 is 1.44 bits per heavy atom. The van der Waals surface area contributed by atoms with Crippen molar-refractivity contribution in [3.8, 4) is 0 Å². The normalized spacial score (nSPS) is 9.89. The number of hydrogen-bond acceptors (Lipinski definition) is 3. The SMILES string of the molecule is CCCCCCCCCCCC(=O)OCCO.O. The lowest BCUT2D eigenvalue weighted by molar-refractivity contribution is -0.144. The molecule has 0 aliphatic rings. The second-order valence-corrected chi connectivity index (χ2v) is 4.52. The highest BCUT2D eigenvalue weighted by Crippen LogP contribution is 2.10. The van der Waals surface area contributed by atoms with Crippen LogP contribution in [0.25, 0.3) is 0 Å². The van der Waals surface area contributed by atoms with Crippen molar-refractivity contribution in [2.75, 3.05) is 13.2 Å². The van der Waals surface area contributed by atoms with Crippen LogP contribution >= 0.6 is 0 Å². The summed E-state index contributed by atoms with van der Waals surface area (Å²) in [6, 6.07) is 0. The molecule has 0 unspecified atom stereocenters. The Bertz CT molecular complexity index is 171. The highest BCUT2D eigenvalue weighted by molar-refractivity contribution is 5.69. The first-order chi connectivity index (χ1) is 8.31. The summed E-state index contributed by atoms with van der Waals surface area (Å²) in [6.07, 6.45) is 11.7. The molecule has 0 saturated heterocycles. The lowest BCUT2D eigenvalue weighted by atomic mass is 10.1. The highest BCUT2D eigenvalue weighted by atomic mass is 16.5. The second kappa shape index (κ2) is 16.4. The minimum Gasteiger partial charge on any atom is -0.463 e. The Morgan fingerprint density at radius 3 is 1.94 bits per heavy atom. The summed E-state index contributed by atoms with van der Waals surface area (Å²) in [7, 11) is 0. The van der Waals surface area contributed by atoms with Crippen molar-refractivity contribution in [3.05, 3.63) is 0 Å². The molecule has 0 atom stereocenters. The predicted octanol–water partition coefficient (Wildman–Crippen LogP) is 2.62. The Morgan fingerprint density at radius 1 is 0.944 bits per heavy atom. The van der Waals surface area contributed by atoms with Crippen molar-refractivity contribution in [2.24, 2.45) is 0 Å². The molecule has 4 nitrogen and oxygen atoms in total. The van der Waals surface area contributed by atoms with Crippen LogP contribution in [0.2, 0.25) is 0 Å². The van der Waals surface area contributed by atoms with Gasteiger partial charge in [-0.1, -0.05) is 58.3 Å². The smallest absolute Gasteiger partial charge is 0.305 e. The van der Waals surface area contributed by atoms with Crippen LogP contribution in [0.4, 0.5) is 0 Å². The van der Waals surface area contributed by atoms with E-state index >= 15 is 0 Å². The summed E-state index contributed by atoms with van der Waals surface area (Å²) in [6.45, 7) is 2.29. The summed E-state index contributed by atoms with van der Waals surface area (Å²) >= 11 is 0. The van der Waals surface area contributed by atoms with Gasteiger partial charge in [-0.2, -0.15) is 0 Å². The fourth-order valence-electron chi connectivity index (χ4n) is 1.81. The van der Waals surface area contributed by atoms with E-state index in [0.717, 1.165) is 12.8 Å². The lowest BCUT2D eigenvalue weighted by Crippen LogP contribution is -2.07. The zero-order chi connectivity index (χ0) is 12.8. The monoisotopic (exact) mass is 262 g/mol. The van der Waals surface area contributed by atoms with Crippen molar-refractivity contribution in [3.63, 3.8) is 0 Å². The van der Waals surface area contributed by atoms with Crippen molar-refractivity contribution >= 4 is 5.97 Å². The van der Waals surface area contributed by atoms with Crippen LogP contribution in [-0.2, 0) is 9.53 Å². The van der Waals surface area contributed by atoms with Gasteiger partial charge in [-0.15, -0.1) is 0 Å². The molecule has 0 spiro atoms. The third-order valence-electron chi connectivity index (χ3n) is 2.84. The van der Waals surface area contributed by atoms with Crippen molar-refractivity contribution in [2.45, 2.75) is 71.1 Å². The molecule has 0 rings (SSSR count). The van der Waals surface area contributed by atoms with Crippen LogP contribution < -0.4 is 0 Å². The molecule has 0 fully saturated rings. The number of ether oxygens (including phenoxy) is 1.